The van der Waals surface area contributed by atoms with E-state index in [4.69, 9.17) is 25.4 Å². The lowest BCUT2D eigenvalue weighted by Gasteiger charge is -2.32. The fourth-order valence-electron chi connectivity index (χ4n) is 6.01. The van der Waals surface area contributed by atoms with Crippen molar-refractivity contribution in [2.24, 2.45) is 5.73 Å². The van der Waals surface area contributed by atoms with Crippen molar-refractivity contribution in [2.75, 3.05) is 113 Å². The van der Waals surface area contributed by atoms with E-state index >= 15 is 0 Å². The van der Waals surface area contributed by atoms with Gasteiger partial charge in [-0.05, 0) is 55.6 Å². The molecule has 3 aliphatic rings. The van der Waals surface area contributed by atoms with Crippen LogP contribution in [0.2, 0.25) is 0 Å². The van der Waals surface area contributed by atoms with Gasteiger partial charge in [0.2, 0.25) is 11.9 Å². The number of amides is 5. The molecule has 1 unspecified atom stereocenters. The average Bonchev–Trinajstić information content (AvgIpc) is 3.31. The number of ether oxygens (including phenoxy) is 1. The molecular weight excluding hydrogens is 614 g/mol. The molecule has 4 N–H and O–H groups in total. The lowest BCUT2D eigenvalue weighted by atomic mass is 10.1. The van der Waals surface area contributed by atoms with E-state index < -0.39 is 6.03 Å². The number of primary amides is 1. The molecule has 3 aromatic rings. The Balaban J connectivity index is 1.12. The third-order valence-electron chi connectivity index (χ3n) is 9.24. The van der Waals surface area contributed by atoms with E-state index in [1.807, 2.05) is 24.1 Å². The van der Waals surface area contributed by atoms with Gasteiger partial charge in [-0.25, -0.2) is 14.1 Å². The molecule has 0 radical (unpaired) electrons. The van der Waals surface area contributed by atoms with Crippen LogP contribution in [-0.2, 0) is 4.74 Å². The summed E-state index contributed by atoms with van der Waals surface area (Å²) in [5.41, 5.74) is 8.25. The Morgan fingerprint density at radius 2 is 1.33 bits per heavy atom. The molecule has 0 spiro atoms. The zero-order valence-electron chi connectivity index (χ0n) is 27.6. The Labute approximate surface area is 280 Å². The second-order valence-corrected chi connectivity index (χ2v) is 12.7. The first-order chi connectivity index (χ1) is 23.2. The van der Waals surface area contributed by atoms with Crippen molar-refractivity contribution < 1.29 is 23.6 Å². The van der Waals surface area contributed by atoms with Crippen LogP contribution < -0.4 is 26.2 Å². The molecule has 3 fully saturated rings. The molecule has 4 heterocycles. The van der Waals surface area contributed by atoms with E-state index in [0.29, 0.717) is 100 Å². The Morgan fingerprint density at radius 3 is 1.94 bits per heavy atom. The van der Waals surface area contributed by atoms with Crippen molar-refractivity contribution in [1.29, 1.82) is 0 Å². The Hall–Kier alpha value is -4.86. The number of likely N-dealkylation sites (N-methyl/N-ethyl adjacent to an activating group) is 2. The number of rotatable bonds is 6. The molecule has 48 heavy (non-hydrogen) atoms. The summed E-state index contributed by atoms with van der Waals surface area (Å²) < 4.78 is 5.72. The quantitative estimate of drug-likeness (QED) is 0.335. The minimum Gasteiger partial charge on any atom is -0.378 e. The number of piperazine rings is 1. The predicted molar refractivity (Wildman–Crippen MR) is 183 cm³/mol. The first kappa shape index (κ1) is 33.1. The topological polar surface area (TPSA) is 162 Å². The van der Waals surface area contributed by atoms with Gasteiger partial charge in [-0.1, -0.05) is 0 Å². The molecule has 15 nitrogen and oxygen atoms in total. The number of hydrogen-bond donors (Lipinski definition) is 3. The van der Waals surface area contributed by atoms with E-state index in [2.05, 4.69) is 32.4 Å². The fourth-order valence-corrected chi connectivity index (χ4v) is 6.01. The van der Waals surface area contributed by atoms with Crippen molar-refractivity contribution in [2.45, 2.75) is 6.42 Å². The van der Waals surface area contributed by atoms with Crippen LogP contribution in [0, 0.1) is 0 Å². The molecule has 2 aromatic carbocycles. The first-order valence-electron chi connectivity index (χ1n) is 16.4. The van der Waals surface area contributed by atoms with Gasteiger partial charge in [0.25, 0.3) is 5.91 Å². The molecule has 0 bridgehead atoms. The van der Waals surface area contributed by atoms with Gasteiger partial charge in [0.15, 0.2) is 5.82 Å². The zero-order valence-corrected chi connectivity index (χ0v) is 27.6. The maximum atomic E-state index is 12.8. The standard InChI is InChI=1S/C33H43N11O4/c1-40-13-15-41(16-14-40)29(45)25-6-10-27(11-7-25)36-33(47)35-26-8-4-24(5-9-26)28-37-31(39-32(38-28)43-18-22-48-23-19-43)42-12-3-20-44(2,21-17-42)30(34)46/h4-11H,3,12-23H2,1-2H3,(H3-,34,35,36,37,38,39,45,46,47)/p+1. The van der Waals surface area contributed by atoms with Crippen molar-refractivity contribution in [3.63, 3.8) is 0 Å². The number of morpholine rings is 1. The second-order valence-electron chi connectivity index (χ2n) is 12.7. The van der Waals surface area contributed by atoms with Gasteiger partial charge in [0, 0.05) is 74.7 Å². The smallest absolute Gasteiger partial charge is 0.378 e. The normalized spacial score (nSPS) is 20.6. The third-order valence-corrected chi connectivity index (χ3v) is 9.24. The highest BCUT2D eigenvalue weighted by atomic mass is 16.5. The molecule has 254 valence electrons. The summed E-state index contributed by atoms with van der Waals surface area (Å²) >= 11 is 0. The number of nitrogens with one attached hydrogen (secondary N) is 2. The Kier molecular flexibility index (Phi) is 9.98. The van der Waals surface area contributed by atoms with E-state index in [0.717, 1.165) is 25.1 Å². The van der Waals surface area contributed by atoms with Crippen LogP contribution in [0.25, 0.3) is 11.4 Å². The first-order valence-corrected chi connectivity index (χ1v) is 16.4. The minimum atomic E-state index is -0.402. The van der Waals surface area contributed by atoms with Crippen LogP contribution in [0.3, 0.4) is 0 Å². The van der Waals surface area contributed by atoms with Crippen molar-refractivity contribution in [3.05, 3.63) is 54.1 Å². The Bertz CT molecular complexity index is 1610. The highest BCUT2D eigenvalue weighted by molar-refractivity contribution is 6.00. The predicted octanol–water partition coefficient (Wildman–Crippen LogP) is 2.14. The lowest BCUT2D eigenvalue weighted by Crippen LogP contribution is -2.54. The average molecular weight is 659 g/mol. The van der Waals surface area contributed by atoms with Gasteiger partial charge >= 0.3 is 12.1 Å². The monoisotopic (exact) mass is 658 g/mol. The molecule has 0 aliphatic carbocycles. The second kappa shape index (κ2) is 14.5. The lowest BCUT2D eigenvalue weighted by molar-refractivity contribution is -0.826. The van der Waals surface area contributed by atoms with Crippen LogP contribution >= 0.6 is 0 Å². The van der Waals surface area contributed by atoms with Crippen LogP contribution in [0.1, 0.15) is 16.8 Å². The molecule has 6 rings (SSSR count). The fraction of sp³-hybridized carbons (Fsp3) is 0.455. The molecule has 5 amide bonds. The molecule has 3 saturated heterocycles. The summed E-state index contributed by atoms with van der Waals surface area (Å²) in [7, 11) is 3.92. The third kappa shape index (κ3) is 7.81. The summed E-state index contributed by atoms with van der Waals surface area (Å²) in [5, 5.41) is 5.69. The van der Waals surface area contributed by atoms with E-state index in [1.54, 1.807) is 36.4 Å². The maximum absolute atomic E-state index is 12.8. The molecule has 1 aromatic heterocycles. The van der Waals surface area contributed by atoms with Crippen LogP contribution in [0.4, 0.5) is 32.9 Å². The molecule has 1 atom stereocenters. The number of quaternary nitrogens is 1. The molecular formula is C33H44N11O4+. The van der Waals surface area contributed by atoms with Crippen LogP contribution in [0.5, 0.6) is 0 Å². The molecule has 15 heteroatoms. The Morgan fingerprint density at radius 1 is 0.750 bits per heavy atom. The van der Waals surface area contributed by atoms with Gasteiger partial charge in [0.1, 0.15) is 6.54 Å². The number of benzene rings is 2. The summed E-state index contributed by atoms with van der Waals surface area (Å²) in [6.07, 6.45) is 0.772. The number of nitrogens with zero attached hydrogens (tertiary/aromatic N) is 8. The number of nitrogens with two attached hydrogens (primary N) is 1. The van der Waals surface area contributed by atoms with Gasteiger partial charge in [-0.15, -0.1) is 0 Å². The van der Waals surface area contributed by atoms with Crippen molar-refractivity contribution in [1.82, 2.24) is 24.8 Å². The van der Waals surface area contributed by atoms with Crippen LogP contribution in [-0.4, -0.2) is 140 Å². The largest absolute Gasteiger partial charge is 0.413 e. The van der Waals surface area contributed by atoms with Crippen LogP contribution in [0.15, 0.2) is 48.5 Å². The SMILES string of the molecule is CN1CCN(C(=O)c2ccc(NC(=O)Nc3ccc(-c4nc(N5CCOCC5)nc(N5CCC[N+](C)(C(N)=O)CC5)n4)cc3)cc2)CC1. The number of carbonyl (C=O) groups is 3. The number of anilines is 4. The minimum absolute atomic E-state index is 0.00157. The van der Waals surface area contributed by atoms with Gasteiger partial charge in [-0.3, -0.25) is 4.79 Å². The van der Waals surface area contributed by atoms with E-state index in [1.165, 1.54) is 0 Å². The summed E-state index contributed by atoms with van der Waals surface area (Å²) in [6, 6.07) is 13.5. The van der Waals surface area contributed by atoms with Gasteiger partial charge in [0.05, 0.1) is 33.4 Å². The molecule has 0 saturated carbocycles. The van der Waals surface area contributed by atoms with E-state index in [9.17, 15) is 14.4 Å². The van der Waals surface area contributed by atoms with Crippen molar-refractivity contribution in [3.8, 4) is 11.4 Å². The summed E-state index contributed by atoms with van der Waals surface area (Å²) in [5.74, 6) is 1.64. The number of aromatic nitrogens is 3. The summed E-state index contributed by atoms with van der Waals surface area (Å²) in [4.78, 5) is 60.5. The maximum Gasteiger partial charge on any atom is 0.413 e. The summed E-state index contributed by atoms with van der Waals surface area (Å²) in [6.45, 7) is 8.15. The number of carbonyl (C=O) groups excluding carboxylic acids is 3. The highest BCUT2D eigenvalue weighted by Crippen LogP contribution is 2.25. The zero-order chi connectivity index (χ0) is 33.7. The number of hydrogen-bond acceptors (Lipinski definition) is 10. The van der Waals surface area contributed by atoms with Gasteiger partial charge < -0.3 is 40.7 Å². The highest BCUT2D eigenvalue weighted by Gasteiger charge is 2.33. The molecule has 3 aliphatic heterocycles. The van der Waals surface area contributed by atoms with E-state index in [-0.39, 0.29) is 16.4 Å². The van der Waals surface area contributed by atoms with Crippen molar-refractivity contribution >= 4 is 41.2 Å². The number of urea groups is 2. The van der Waals surface area contributed by atoms with Gasteiger partial charge in [-0.2, -0.15) is 15.0 Å².